The number of hydrogen-bond donors (Lipinski definition) is 2. The van der Waals surface area contributed by atoms with E-state index in [1.54, 1.807) is 23.1 Å². The summed E-state index contributed by atoms with van der Waals surface area (Å²) in [4.78, 5) is 25.5. The van der Waals surface area contributed by atoms with Crippen LogP contribution in [0, 0.1) is 0 Å². The quantitative estimate of drug-likeness (QED) is 0.814. The summed E-state index contributed by atoms with van der Waals surface area (Å²) in [6.07, 6.45) is 1.75. The number of nitrogens with one attached hydrogen (secondary N) is 1. The van der Waals surface area contributed by atoms with Gasteiger partial charge in [-0.25, -0.2) is 0 Å². The number of para-hydroxylation sites is 1. The molecule has 0 spiro atoms. The molecule has 1 heterocycles. The monoisotopic (exact) mass is 291 g/mol. The van der Waals surface area contributed by atoms with Gasteiger partial charge in [0.05, 0.1) is 18.4 Å². The largest absolute Gasteiger partial charge is 0.494 e. The van der Waals surface area contributed by atoms with Crippen LogP contribution in [0.15, 0.2) is 18.2 Å². The summed E-state index contributed by atoms with van der Waals surface area (Å²) < 4.78 is 5.24. The van der Waals surface area contributed by atoms with Gasteiger partial charge in [-0.15, -0.1) is 0 Å². The Morgan fingerprint density at radius 1 is 1.43 bits per heavy atom. The molecule has 1 aromatic carbocycles. The summed E-state index contributed by atoms with van der Waals surface area (Å²) in [6.45, 7) is 2.67. The number of anilines is 1. The molecule has 0 aliphatic carbocycles. The molecule has 6 nitrogen and oxygen atoms in total. The third-order valence-electron chi connectivity index (χ3n) is 3.60. The fourth-order valence-corrected chi connectivity index (χ4v) is 2.69. The van der Waals surface area contributed by atoms with E-state index in [9.17, 15) is 9.59 Å². The number of carbonyl (C=O) groups excluding carboxylic acids is 2. The van der Waals surface area contributed by atoms with Crippen molar-refractivity contribution in [2.75, 3.05) is 25.9 Å². The van der Waals surface area contributed by atoms with E-state index in [0.29, 0.717) is 30.1 Å². The van der Waals surface area contributed by atoms with Crippen molar-refractivity contribution in [2.45, 2.75) is 25.8 Å². The van der Waals surface area contributed by atoms with Gasteiger partial charge < -0.3 is 20.7 Å². The Bertz CT molecular complexity index is 545. The molecule has 3 N–H and O–H groups in total. The van der Waals surface area contributed by atoms with Crippen molar-refractivity contribution in [1.29, 1.82) is 0 Å². The molecule has 114 valence electrons. The van der Waals surface area contributed by atoms with Gasteiger partial charge in [0.15, 0.2) is 5.75 Å². The van der Waals surface area contributed by atoms with E-state index < -0.39 is 0 Å². The number of hydrogen-bond acceptors (Lipinski definition) is 4. The maximum Gasteiger partial charge on any atom is 0.257 e. The molecule has 0 aromatic heterocycles. The Kier molecular flexibility index (Phi) is 4.67. The van der Waals surface area contributed by atoms with Crippen molar-refractivity contribution in [3.8, 4) is 5.75 Å². The fraction of sp³-hybridized carbons (Fsp3) is 0.467. The average molecular weight is 291 g/mol. The number of piperidine rings is 1. The first-order chi connectivity index (χ1) is 10.0. The smallest absolute Gasteiger partial charge is 0.257 e. The molecule has 1 fully saturated rings. The summed E-state index contributed by atoms with van der Waals surface area (Å²) in [7, 11) is 1.50. The molecule has 2 amide bonds. The molecule has 1 unspecified atom stereocenters. The highest BCUT2D eigenvalue weighted by Gasteiger charge is 2.27. The van der Waals surface area contributed by atoms with Gasteiger partial charge in [0.2, 0.25) is 5.91 Å². The number of likely N-dealkylation sites (tertiary alicyclic amines) is 1. The topological polar surface area (TPSA) is 84.7 Å². The predicted molar refractivity (Wildman–Crippen MR) is 80.1 cm³/mol. The van der Waals surface area contributed by atoms with E-state index in [1.807, 2.05) is 0 Å². The number of methoxy groups -OCH3 is 1. The number of nitrogens with two attached hydrogens (primary N) is 1. The molecule has 0 bridgehead atoms. The second-order valence-electron chi connectivity index (χ2n) is 5.22. The number of carbonyl (C=O) groups is 2. The van der Waals surface area contributed by atoms with E-state index in [2.05, 4.69) is 5.32 Å². The number of ether oxygens (including phenoxy) is 1. The lowest BCUT2D eigenvalue weighted by atomic mass is 10.0. The molecule has 21 heavy (non-hydrogen) atoms. The third kappa shape index (κ3) is 3.45. The highest BCUT2D eigenvalue weighted by molar-refractivity contribution is 5.98. The Hall–Kier alpha value is -2.24. The SMILES string of the molecule is COc1c(N)cccc1C(=O)N1CCCC(NC(C)=O)C1. The number of nitrogens with zero attached hydrogens (tertiary/aromatic N) is 1. The summed E-state index contributed by atoms with van der Waals surface area (Å²) in [5.74, 6) is 0.217. The minimum absolute atomic E-state index is 0.00672. The fourth-order valence-electron chi connectivity index (χ4n) is 2.69. The van der Waals surface area contributed by atoms with Crippen molar-refractivity contribution in [3.63, 3.8) is 0 Å². The van der Waals surface area contributed by atoms with Gasteiger partial charge in [-0.2, -0.15) is 0 Å². The Balaban J connectivity index is 2.16. The van der Waals surface area contributed by atoms with Crippen molar-refractivity contribution in [3.05, 3.63) is 23.8 Å². The van der Waals surface area contributed by atoms with Crippen LogP contribution in [0.5, 0.6) is 5.75 Å². The van der Waals surface area contributed by atoms with Crippen LogP contribution in [0.2, 0.25) is 0 Å². The van der Waals surface area contributed by atoms with Gasteiger partial charge in [-0.1, -0.05) is 6.07 Å². The lowest BCUT2D eigenvalue weighted by Gasteiger charge is -2.33. The van der Waals surface area contributed by atoms with Crippen LogP contribution >= 0.6 is 0 Å². The van der Waals surface area contributed by atoms with Crippen LogP contribution in [-0.4, -0.2) is 43.0 Å². The van der Waals surface area contributed by atoms with Gasteiger partial charge in [-0.3, -0.25) is 9.59 Å². The zero-order chi connectivity index (χ0) is 15.4. The van der Waals surface area contributed by atoms with Crippen molar-refractivity contribution in [2.24, 2.45) is 0 Å². The first-order valence-corrected chi connectivity index (χ1v) is 7.01. The van der Waals surface area contributed by atoms with Crippen LogP contribution in [0.25, 0.3) is 0 Å². The summed E-state index contributed by atoms with van der Waals surface area (Å²) in [5.41, 5.74) is 6.74. The molecule has 1 saturated heterocycles. The zero-order valence-corrected chi connectivity index (χ0v) is 12.4. The highest BCUT2D eigenvalue weighted by Crippen LogP contribution is 2.27. The van der Waals surface area contributed by atoms with Crippen molar-refractivity contribution in [1.82, 2.24) is 10.2 Å². The Morgan fingerprint density at radius 3 is 2.86 bits per heavy atom. The molecule has 1 aliphatic rings. The van der Waals surface area contributed by atoms with Crippen LogP contribution in [0.3, 0.4) is 0 Å². The summed E-state index contributed by atoms with van der Waals surface area (Å²) >= 11 is 0. The number of amides is 2. The number of benzene rings is 1. The van der Waals surface area contributed by atoms with E-state index in [1.165, 1.54) is 14.0 Å². The van der Waals surface area contributed by atoms with Crippen LogP contribution in [0.1, 0.15) is 30.1 Å². The molecule has 1 aliphatic heterocycles. The standard InChI is InChI=1S/C15H21N3O3/c1-10(19)17-11-5-4-8-18(9-11)15(20)12-6-3-7-13(16)14(12)21-2/h3,6-7,11H,4-5,8-9,16H2,1-2H3,(H,17,19). The maximum atomic E-state index is 12.6. The molecule has 1 atom stereocenters. The molecular formula is C15H21N3O3. The molecule has 2 rings (SSSR count). The van der Waals surface area contributed by atoms with Crippen molar-refractivity contribution < 1.29 is 14.3 Å². The Morgan fingerprint density at radius 2 is 2.19 bits per heavy atom. The first-order valence-electron chi connectivity index (χ1n) is 7.01. The van der Waals surface area contributed by atoms with Gasteiger partial charge >= 0.3 is 0 Å². The summed E-state index contributed by atoms with van der Waals surface area (Å²) in [5, 5.41) is 2.87. The van der Waals surface area contributed by atoms with E-state index in [-0.39, 0.29) is 17.9 Å². The van der Waals surface area contributed by atoms with E-state index in [0.717, 1.165) is 12.8 Å². The lowest BCUT2D eigenvalue weighted by Crippen LogP contribution is -2.49. The maximum absolute atomic E-state index is 12.6. The summed E-state index contributed by atoms with van der Waals surface area (Å²) in [6, 6.07) is 5.15. The Labute approximate surface area is 124 Å². The minimum atomic E-state index is -0.116. The predicted octanol–water partition coefficient (Wildman–Crippen LogP) is 1.02. The molecule has 6 heteroatoms. The number of nitrogen functional groups attached to an aromatic ring is 1. The molecule has 0 saturated carbocycles. The first kappa shape index (κ1) is 15.2. The normalized spacial score (nSPS) is 18.2. The van der Waals surface area contributed by atoms with Gasteiger partial charge in [0.25, 0.3) is 5.91 Å². The van der Waals surface area contributed by atoms with Crippen LogP contribution < -0.4 is 15.8 Å². The van der Waals surface area contributed by atoms with Gasteiger partial charge in [0.1, 0.15) is 0 Å². The van der Waals surface area contributed by atoms with Crippen molar-refractivity contribution >= 4 is 17.5 Å². The average Bonchev–Trinajstić information content (AvgIpc) is 2.45. The van der Waals surface area contributed by atoms with Gasteiger partial charge in [-0.05, 0) is 25.0 Å². The van der Waals surface area contributed by atoms with E-state index in [4.69, 9.17) is 10.5 Å². The zero-order valence-electron chi connectivity index (χ0n) is 12.4. The minimum Gasteiger partial charge on any atom is -0.494 e. The molecular weight excluding hydrogens is 270 g/mol. The number of rotatable bonds is 3. The second kappa shape index (κ2) is 6.47. The second-order valence-corrected chi connectivity index (χ2v) is 5.22. The molecule has 0 radical (unpaired) electrons. The van der Waals surface area contributed by atoms with Crippen LogP contribution in [-0.2, 0) is 4.79 Å². The van der Waals surface area contributed by atoms with E-state index >= 15 is 0 Å². The lowest BCUT2D eigenvalue weighted by molar-refractivity contribution is -0.120. The third-order valence-corrected chi connectivity index (χ3v) is 3.60. The molecule has 1 aromatic rings. The van der Waals surface area contributed by atoms with Gasteiger partial charge in [0, 0.05) is 26.1 Å². The van der Waals surface area contributed by atoms with Crippen LogP contribution in [0.4, 0.5) is 5.69 Å². The highest BCUT2D eigenvalue weighted by atomic mass is 16.5.